The van der Waals surface area contributed by atoms with E-state index in [2.05, 4.69) is 0 Å². The molecule has 0 radical (unpaired) electrons. The summed E-state index contributed by atoms with van der Waals surface area (Å²) in [5.41, 5.74) is 0. The molecule has 13 heavy (non-hydrogen) atoms. The van der Waals surface area contributed by atoms with E-state index in [0.29, 0.717) is 12.5 Å². The molecule has 1 saturated heterocycles. The topological polar surface area (TPSA) is 72.6 Å². The fourth-order valence-electron chi connectivity index (χ4n) is 1.40. The van der Waals surface area contributed by atoms with Crippen LogP contribution in [0.25, 0.3) is 0 Å². The minimum absolute atomic E-state index is 0.386. The van der Waals surface area contributed by atoms with E-state index >= 15 is 0 Å². The Kier molecular flexibility index (Phi) is 3.66. The van der Waals surface area contributed by atoms with Crippen molar-refractivity contribution in [3.8, 4) is 0 Å². The number of hydrogen-bond acceptors (Lipinski definition) is 3. The maximum absolute atomic E-state index is 10.9. The van der Waals surface area contributed by atoms with E-state index in [1.165, 1.54) is 11.4 Å². The van der Waals surface area contributed by atoms with Gasteiger partial charge in [0.25, 0.3) is 10.2 Å². The molecule has 6 heteroatoms. The molecule has 0 spiro atoms. The molecule has 1 heterocycles. The summed E-state index contributed by atoms with van der Waals surface area (Å²) in [5, 5.41) is 4.96. The van der Waals surface area contributed by atoms with E-state index in [9.17, 15) is 8.42 Å². The Balaban J connectivity index is 2.39. The monoisotopic (exact) mass is 208 g/mol. The van der Waals surface area contributed by atoms with Crippen LogP contribution in [-0.4, -0.2) is 39.5 Å². The summed E-state index contributed by atoms with van der Waals surface area (Å²) in [6, 6.07) is 0. The average molecular weight is 208 g/mol. The first kappa shape index (κ1) is 10.9. The third kappa shape index (κ3) is 3.60. The highest BCUT2D eigenvalue weighted by Gasteiger charge is 2.20. The van der Waals surface area contributed by atoms with E-state index < -0.39 is 10.2 Å². The van der Waals surface area contributed by atoms with Gasteiger partial charge in [-0.25, -0.2) is 5.14 Å². The molecular weight excluding hydrogens is 192 g/mol. The van der Waals surface area contributed by atoms with Crippen molar-refractivity contribution in [3.05, 3.63) is 0 Å². The molecule has 0 aliphatic carbocycles. The third-order valence-electron chi connectivity index (χ3n) is 2.29. The zero-order valence-corrected chi connectivity index (χ0v) is 8.59. The van der Waals surface area contributed by atoms with Crippen LogP contribution >= 0.6 is 0 Å². The second kappa shape index (κ2) is 4.36. The summed E-state index contributed by atoms with van der Waals surface area (Å²) in [7, 11) is -2.00. The van der Waals surface area contributed by atoms with Gasteiger partial charge in [0.05, 0.1) is 0 Å². The van der Waals surface area contributed by atoms with Crippen molar-refractivity contribution in [1.29, 1.82) is 0 Å². The predicted octanol–water partition coefficient (Wildman–Crippen LogP) is -0.452. The van der Waals surface area contributed by atoms with Gasteiger partial charge in [0, 0.05) is 26.8 Å². The lowest BCUT2D eigenvalue weighted by Gasteiger charge is -2.25. The SMILES string of the molecule is CN(CC1CCOCC1)S(N)(=O)=O. The molecule has 0 bridgehead atoms. The van der Waals surface area contributed by atoms with Gasteiger partial charge in [-0.2, -0.15) is 12.7 Å². The van der Waals surface area contributed by atoms with E-state index in [1.54, 1.807) is 0 Å². The molecule has 1 fully saturated rings. The van der Waals surface area contributed by atoms with Gasteiger partial charge in [0.2, 0.25) is 0 Å². The van der Waals surface area contributed by atoms with Crippen LogP contribution in [0.2, 0.25) is 0 Å². The quantitative estimate of drug-likeness (QED) is 0.682. The first-order chi connectivity index (χ1) is 6.00. The van der Waals surface area contributed by atoms with Crippen molar-refractivity contribution in [1.82, 2.24) is 4.31 Å². The summed E-state index contributed by atoms with van der Waals surface area (Å²) in [6.07, 6.45) is 1.83. The summed E-state index contributed by atoms with van der Waals surface area (Å²) in [4.78, 5) is 0. The summed E-state index contributed by atoms with van der Waals surface area (Å²) < 4.78 is 28.1. The number of nitrogens with two attached hydrogens (primary N) is 1. The number of rotatable bonds is 3. The molecule has 0 amide bonds. The Morgan fingerprint density at radius 1 is 1.46 bits per heavy atom. The highest BCUT2D eigenvalue weighted by Crippen LogP contribution is 2.15. The van der Waals surface area contributed by atoms with Crippen LogP contribution in [-0.2, 0) is 14.9 Å². The lowest BCUT2D eigenvalue weighted by atomic mass is 10.0. The molecule has 1 rings (SSSR count). The smallest absolute Gasteiger partial charge is 0.276 e. The molecule has 0 unspecified atom stereocenters. The fraction of sp³-hybridized carbons (Fsp3) is 1.00. The Morgan fingerprint density at radius 2 is 2.00 bits per heavy atom. The van der Waals surface area contributed by atoms with Crippen LogP contribution in [0, 0.1) is 5.92 Å². The highest BCUT2D eigenvalue weighted by molar-refractivity contribution is 7.86. The molecular formula is C7H16N2O3S. The summed E-state index contributed by atoms with van der Waals surface area (Å²) >= 11 is 0. The van der Waals surface area contributed by atoms with Gasteiger partial charge in [0.15, 0.2) is 0 Å². The lowest BCUT2D eigenvalue weighted by Crippen LogP contribution is -2.38. The van der Waals surface area contributed by atoms with Gasteiger partial charge in [-0.1, -0.05) is 0 Å². The molecule has 0 aromatic carbocycles. The van der Waals surface area contributed by atoms with Crippen LogP contribution in [0.3, 0.4) is 0 Å². The Labute approximate surface area is 79.0 Å². The van der Waals surface area contributed by atoms with Gasteiger partial charge in [-0.15, -0.1) is 0 Å². The molecule has 0 atom stereocenters. The van der Waals surface area contributed by atoms with Crippen molar-refractivity contribution >= 4 is 10.2 Å². The number of ether oxygens (including phenoxy) is 1. The van der Waals surface area contributed by atoms with Crippen LogP contribution in [0.5, 0.6) is 0 Å². The summed E-state index contributed by atoms with van der Waals surface area (Å²) in [6.45, 7) is 1.95. The van der Waals surface area contributed by atoms with Gasteiger partial charge < -0.3 is 4.74 Å². The predicted molar refractivity (Wildman–Crippen MR) is 49.3 cm³/mol. The first-order valence-corrected chi connectivity index (χ1v) is 5.82. The van der Waals surface area contributed by atoms with E-state index in [-0.39, 0.29) is 0 Å². The minimum atomic E-state index is -3.51. The lowest BCUT2D eigenvalue weighted by molar-refractivity contribution is 0.0620. The average Bonchev–Trinajstić information content (AvgIpc) is 2.04. The third-order valence-corrected chi connectivity index (χ3v) is 3.31. The molecule has 0 saturated carbocycles. The first-order valence-electron chi connectivity index (χ1n) is 4.32. The van der Waals surface area contributed by atoms with Gasteiger partial charge in [0.1, 0.15) is 0 Å². The standard InChI is InChI=1S/C7H16N2O3S/c1-9(13(8,10)11)6-7-2-4-12-5-3-7/h7H,2-6H2,1H3,(H2,8,10,11). The number of nitrogens with zero attached hydrogens (tertiary/aromatic N) is 1. The Hall–Kier alpha value is -0.170. The van der Waals surface area contributed by atoms with E-state index in [0.717, 1.165) is 26.1 Å². The molecule has 1 aliphatic rings. The molecule has 5 nitrogen and oxygen atoms in total. The van der Waals surface area contributed by atoms with E-state index in [4.69, 9.17) is 9.88 Å². The largest absolute Gasteiger partial charge is 0.381 e. The van der Waals surface area contributed by atoms with Crippen molar-refractivity contribution < 1.29 is 13.2 Å². The zero-order valence-electron chi connectivity index (χ0n) is 7.77. The second-order valence-electron chi connectivity index (χ2n) is 3.38. The normalized spacial score (nSPS) is 20.8. The molecule has 0 aromatic heterocycles. The number of hydrogen-bond donors (Lipinski definition) is 1. The Morgan fingerprint density at radius 3 is 2.46 bits per heavy atom. The fourth-order valence-corrected chi connectivity index (χ4v) is 1.82. The molecule has 0 aromatic rings. The van der Waals surface area contributed by atoms with Crippen LogP contribution in [0.15, 0.2) is 0 Å². The van der Waals surface area contributed by atoms with Gasteiger partial charge >= 0.3 is 0 Å². The van der Waals surface area contributed by atoms with Crippen LogP contribution < -0.4 is 5.14 Å². The van der Waals surface area contributed by atoms with Crippen molar-refractivity contribution in [2.45, 2.75) is 12.8 Å². The maximum Gasteiger partial charge on any atom is 0.276 e. The van der Waals surface area contributed by atoms with Crippen molar-refractivity contribution in [3.63, 3.8) is 0 Å². The van der Waals surface area contributed by atoms with Gasteiger partial charge in [-0.3, -0.25) is 0 Å². The summed E-state index contributed by atoms with van der Waals surface area (Å²) in [5.74, 6) is 0.386. The zero-order chi connectivity index (χ0) is 9.90. The Bertz CT molecular complexity index is 246. The minimum Gasteiger partial charge on any atom is -0.381 e. The second-order valence-corrected chi connectivity index (χ2v) is 5.03. The highest BCUT2D eigenvalue weighted by atomic mass is 32.2. The van der Waals surface area contributed by atoms with Gasteiger partial charge in [-0.05, 0) is 18.8 Å². The van der Waals surface area contributed by atoms with E-state index in [1.807, 2.05) is 0 Å². The molecule has 78 valence electrons. The van der Waals surface area contributed by atoms with Crippen molar-refractivity contribution in [2.75, 3.05) is 26.8 Å². The van der Waals surface area contributed by atoms with Crippen LogP contribution in [0.1, 0.15) is 12.8 Å². The molecule has 2 N–H and O–H groups in total. The maximum atomic E-state index is 10.9. The van der Waals surface area contributed by atoms with Crippen LogP contribution in [0.4, 0.5) is 0 Å². The van der Waals surface area contributed by atoms with Crippen molar-refractivity contribution in [2.24, 2.45) is 11.1 Å². The molecule has 1 aliphatic heterocycles.